The van der Waals surface area contributed by atoms with Crippen molar-refractivity contribution in [3.05, 3.63) is 61.8 Å². The van der Waals surface area contributed by atoms with Crippen LogP contribution in [0.5, 0.6) is 11.6 Å². The number of hydrogen-bond donors (Lipinski definition) is 1. The van der Waals surface area contributed by atoms with Gasteiger partial charge in [-0.1, -0.05) is 36.1 Å². The van der Waals surface area contributed by atoms with E-state index in [1.165, 1.54) is 18.9 Å². The predicted molar refractivity (Wildman–Crippen MR) is 136 cm³/mol. The largest absolute Gasteiger partial charge is 0.497 e. The summed E-state index contributed by atoms with van der Waals surface area (Å²) in [6, 6.07) is 8.99. The van der Waals surface area contributed by atoms with Crippen LogP contribution in [0.1, 0.15) is 33.5 Å². The number of amides is 1. The van der Waals surface area contributed by atoms with Gasteiger partial charge in [-0.05, 0) is 36.3 Å². The molecule has 0 aliphatic carbocycles. The second kappa shape index (κ2) is 11.3. The first kappa shape index (κ1) is 26.2. The fraction of sp³-hybridized carbons (Fsp3) is 0.292. The third-order valence-corrected chi connectivity index (χ3v) is 6.83. The number of carbonyl (C=O) groups excluding carboxylic acids is 2. The van der Waals surface area contributed by atoms with Gasteiger partial charge in [0.05, 0.1) is 30.7 Å². The van der Waals surface area contributed by atoms with Gasteiger partial charge in [-0.15, -0.1) is 0 Å². The number of carbonyl (C=O) groups is 2. The van der Waals surface area contributed by atoms with Crippen molar-refractivity contribution in [3.63, 3.8) is 0 Å². The Hall–Kier alpha value is -3.46. The normalized spacial score (nSPS) is 14.5. The number of aromatic hydroxyl groups is 1. The van der Waals surface area contributed by atoms with Crippen LogP contribution in [0.25, 0.3) is 6.08 Å². The molecule has 2 aromatic rings. The molecule has 0 radical (unpaired) electrons. The van der Waals surface area contributed by atoms with Crippen LogP contribution in [-0.2, 0) is 16.1 Å². The standard InChI is InChI=1S/C24H23N3O6S2/c1-14-17(13-25)21(29)26(10-11-32-2)23(31)20(14)18(28)8-9-27-22(30)19(35-24(27)34)12-15-4-6-16(33-3)7-5-15/h4-7,12,31H,8-11H2,1-3H3/b19-12-. The molecule has 1 fully saturated rings. The Labute approximate surface area is 211 Å². The first-order valence-electron chi connectivity index (χ1n) is 10.5. The van der Waals surface area contributed by atoms with Crippen molar-refractivity contribution in [2.24, 2.45) is 0 Å². The molecule has 9 nitrogen and oxygen atoms in total. The highest BCUT2D eigenvalue weighted by Gasteiger charge is 2.33. The van der Waals surface area contributed by atoms with Gasteiger partial charge in [-0.2, -0.15) is 5.26 Å². The maximum atomic E-state index is 13.1. The van der Waals surface area contributed by atoms with Gasteiger partial charge in [-0.3, -0.25) is 23.9 Å². The Morgan fingerprint density at radius 1 is 1.23 bits per heavy atom. The Kier molecular flexibility index (Phi) is 8.45. The molecule has 1 aliphatic heterocycles. The maximum Gasteiger partial charge on any atom is 0.271 e. The zero-order valence-corrected chi connectivity index (χ0v) is 21.0. The summed E-state index contributed by atoms with van der Waals surface area (Å²) in [6.45, 7) is 1.50. The Morgan fingerprint density at radius 2 is 1.91 bits per heavy atom. The molecule has 182 valence electrons. The minimum Gasteiger partial charge on any atom is -0.497 e. The van der Waals surface area contributed by atoms with Gasteiger partial charge < -0.3 is 14.6 Å². The lowest BCUT2D eigenvalue weighted by Gasteiger charge is -2.17. The topological polar surface area (TPSA) is 122 Å². The molecule has 2 heterocycles. The van der Waals surface area contributed by atoms with E-state index in [-0.39, 0.29) is 48.7 Å². The number of methoxy groups -OCH3 is 2. The van der Waals surface area contributed by atoms with Crippen molar-refractivity contribution >= 4 is 46.1 Å². The summed E-state index contributed by atoms with van der Waals surface area (Å²) in [5, 5.41) is 20.1. The highest BCUT2D eigenvalue weighted by molar-refractivity contribution is 8.26. The van der Waals surface area contributed by atoms with E-state index < -0.39 is 17.2 Å². The van der Waals surface area contributed by atoms with Crippen molar-refractivity contribution in [1.29, 1.82) is 5.26 Å². The van der Waals surface area contributed by atoms with Crippen molar-refractivity contribution < 1.29 is 24.2 Å². The number of nitriles is 1. The molecular formula is C24H23N3O6S2. The average Bonchev–Trinajstić information content (AvgIpc) is 3.10. The number of aromatic nitrogens is 1. The Balaban J connectivity index is 1.81. The molecule has 3 rings (SSSR count). The van der Waals surface area contributed by atoms with Crippen LogP contribution in [0, 0.1) is 18.3 Å². The molecule has 1 aromatic heterocycles. The molecule has 0 saturated carbocycles. The van der Waals surface area contributed by atoms with Gasteiger partial charge >= 0.3 is 0 Å². The lowest BCUT2D eigenvalue weighted by Crippen LogP contribution is -2.31. The number of ketones is 1. The van der Waals surface area contributed by atoms with Crippen LogP contribution in [0.2, 0.25) is 0 Å². The summed E-state index contributed by atoms with van der Waals surface area (Å²) >= 11 is 6.47. The van der Waals surface area contributed by atoms with Crippen LogP contribution in [0.3, 0.4) is 0 Å². The first-order valence-corrected chi connectivity index (χ1v) is 11.7. The summed E-state index contributed by atoms with van der Waals surface area (Å²) in [5.74, 6) is -0.679. The third kappa shape index (κ3) is 5.45. The van der Waals surface area contributed by atoms with Crippen LogP contribution in [0.4, 0.5) is 0 Å². The molecule has 1 aliphatic rings. The molecule has 0 atom stereocenters. The summed E-state index contributed by atoms with van der Waals surface area (Å²) in [6.07, 6.45) is 1.55. The lowest BCUT2D eigenvalue weighted by atomic mass is 10.00. The number of thiocarbonyl (C=S) groups is 1. The van der Waals surface area contributed by atoms with Crippen LogP contribution in [0.15, 0.2) is 34.0 Å². The summed E-state index contributed by atoms with van der Waals surface area (Å²) < 4.78 is 11.3. The number of hydrogen-bond acceptors (Lipinski definition) is 9. The molecule has 35 heavy (non-hydrogen) atoms. The fourth-order valence-electron chi connectivity index (χ4n) is 3.56. The lowest BCUT2D eigenvalue weighted by molar-refractivity contribution is -0.122. The number of ether oxygens (including phenoxy) is 2. The SMILES string of the molecule is COCCn1c(O)c(C(=O)CCN2C(=O)/C(=C/c3ccc(OC)cc3)SC2=S)c(C)c(C#N)c1=O. The summed E-state index contributed by atoms with van der Waals surface area (Å²) in [7, 11) is 3.00. The molecule has 0 unspecified atom stereocenters. The van der Waals surface area contributed by atoms with E-state index in [1.807, 2.05) is 18.2 Å². The van der Waals surface area contributed by atoms with E-state index in [2.05, 4.69) is 0 Å². The van der Waals surface area contributed by atoms with Gasteiger partial charge in [0, 0.05) is 20.1 Å². The Morgan fingerprint density at radius 3 is 2.51 bits per heavy atom. The van der Waals surface area contributed by atoms with Gasteiger partial charge in [0.15, 0.2) is 5.78 Å². The number of rotatable bonds is 9. The zero-order chi connectivity index (χ0) is 25.7. The van der Waals surface area contributed by atoms with Gasteiger partial charge in [0.1, 0.15) is 21.7 Å². The molecular weight excluding hydrogens is 490 g/mol. The van der Waals surface area contributed by atoms with E-state index in [0.29, 0.717) is 15.0 Å². The molecule has 11 heteroatoms. The smallest absolute Gasteiger partial charge is 0.271 e. The molecule has 1 N–H and O–H groups in total. The van der Waals surface area contributed by atoms with E-state index in [9.17, 15) is 24.8 Å². The number of nitrogens with zero attached hydrogens (tertiary/aromatic N) is 3. The van der Waals surface area contributed by atoms with Crippen molar-refractivity contribution in [1.82, 2.24) is 9.47 Å². The maximum absolute atomic E-state index is 13.1. The number of benzene rings is 1. The minimum atomic E-state index is -0.697. The quantitative estimate of drug-likeness (QED) is 0.306. The van der Waals surface area contributed by atoms with Crippen LogP contribution in [-0.4, -0.2) is 58.0 Å². The molecule has 0 bridgehead atoms. The number of thioether (sulfide) groups is 1. The van der Waals surface area contributed by atoms with Crippen LogP contribution < -0.4 is 10.3 Å². The minimum absolute atomic E-state index is 0.0125. The van der Waals surface area contributed by atoms with Gasteiger partial charge in [0.25, 0.3) is 11.5 Å². The fourth-order valence-corrected chi connectivity index (χ4v) is 4.87. The number of pyridine rings is 1. The molecule has 1 saturated heterocycles. The highest BCUT2D eigenvalue weighted by Crippen LogP contribution is 2.33. The van der Waals surface area contributed by atoms with Gasteiger partial charge in [0.2, 0.25) is 5.88 Å². The zero-order valence-electron chi connectivity index (χ0n) is 19.4. The van der Waals surface area contributed by atoms with E-state index in [1.54, 1.807) is 25.3 Å². The summed E-state index contributed by atoms with van der Waals surface area (Å²) in [4.78, 5) is 40.2. The van der Waals surface area contributed by atoms with Crippen molar-refractivity contribution in [2.45, 2.75) is 19.9 Å². The average molecular weight is 514 g/mol. The first-order chi connectivity index (χ1) is 16.7. The predicted octanol–water partition coefficient (Wildman–Crippen LogP) is 2.86. The highest BCUT2D eigenvalue weighted by atomic mass is 32.2. The second-order valence-electron chi connectivity index (χ2n) is 7.54. The summed E-state index contributed by atoms with van der Waals surface area (Å²) in [5.41, 5.74) is -0.160. The third-order valence-electron chi connectivity index (χ3n) is 5.45. The molecule has 1 aromatic carbocycles. The van der Waals surface area contributed by atoms with Crippen LogP contribution >= 0.6 is 24.0 Å². The van der Waals surface area contributed by atoms with E-state index in [4.69, 9.17) is 21.7 Å². The van der Waals surface area contributed by atoms with Gasteiger partial charge in [-0.25, -0.2) is 0 Å². The second-order valence-corrected chi connectivity index (χ2v) is 9.22. The Bertz CT molecular complexity index is 1310. The van der Waals surface area contributed by atoms with Crippen molar-refractivity contribution in [3.8, 4) is 17.7 Å². The monoisotopic (exact) mass is 513 g/mol. The van der Waals surface area contributed by atoms with E-state index >= 15 is 0 Å². The van der Waals surface area contributed by atoms with Crippen molar-refractivity contribution in [2.75, 3.05) is 27.4 Å². The molecule has 0 spiro atoms. The molecule has 1 amide bonds. The number of Topliss-reactive ketones (excluding diaryl/α,β-unsaturated/α-hetero) is 1. The van der Waals surface area contributed by atoms with E-state index in [0.717, 1.165) is 21.9 Å².